The lowest BCUT2D eigenvalue weighted by atomic mass is 10.1. The maximum Gasteiger partial charge on any atom is 0.261 e. The number of benzene rings is 1. The number of hydrogen-bond acceptors (Lipinski definition) is 3. The molecular formula is C14H18N2O2. The van der Waals surface area contributed by atoms with Crippen LogP contribution in [-0.4, -0.2) is 18.6 Å². The molecule has 1 unspecified atom stereocenters. The molecule has 18 heavy (non-hydrogen) atoms. The summed E-state index contributed by atoms with van der Waals surface area (Å²) >= 11 is 0. The number of rotatable bonds is 5. The van der Waals surface area contributed by atoms with Crippen molar-refractivity contribution in [2.24, 2.45) is 5.73 Å². The van der Waals surface area contributed by atoms with Crippen LogP contribution in [0, 0.1) is 12.3 Å². The predicted octanol–water partition coefficient (Wildman–Crippen LogP) is 1.22. The van der Waals surface area contributed by atoms with Crippen LogP contribution in [0.4, 0.5) is 0 Å². The number of amides is 1. The number of hydrogen-bond donors (Lipinski definition) is 2. The summed E-state index contributed by atoms with van der Waals surface area (Å²) in [6, 6.07) is 7.31. The van der Waals surface area contributed by atoms with Gasteiger partial charge in [-0.15, -0.1) is 6.42 Å². The third kappa shape index (κ3) is 4.11. The van der Waals surface area contributed by atoms with Gasteiger partial charge in [-0.1, -0.05) is 18.1 Å². The van der Waals surface area contributed by atoms with Gasteiger partial charge in [-0.25, -0.2) is 0 Å². The number of ether oxygens (including phenoxy) is 1. The Morgan fingerprint density at radius 1 is 1.56 bits per heavy atom. The van der Waals surface area contributed by atoms with Crippen LogP contribution in [0.3, 0.4) is 0 Å². The first-order valence-electron chi connectivity index (χ1n) is 5.78. The minimum atomic E-state index is -0.596. The van der Waals surface area contributed by atoms with E-state index < -0.39 is 6.10 Å². The van der Waals surface area contributed by atoms with Crippen LogP contribution < -0.4 is 15.8 Å². The Bertz CT molecular complexity index is 449. The zero-order valence-electron chi connectivity index (χ0n) is 10.6. The molecule has 4 nitrogen and oxygen atoms in total. The molecular weight excluding hydrogens is 228 g/mol. The van der Waals surface area contributed by atoms with Gasteiger partial charge in [0.25, 0.3) is 5.91 Å². The molecule has 1 rings (SSSR count). The van der Waals surface area contributed by atoms with Crippen LogP contribution >= 0.6 is 0 Å². The molecule has 1 aromatic carbocycles. The van der Waals surface area contributed by atoms with Gasteiger partial charge in [0, 0.05) is 6.04 Å². The van der Waals surface area contributed by atoms with E-state index in [1.54, 1.807) is 13.0 Å². The molecule has 2 atom stereocenters. The van der Waals surface area contributed by atoms with Crippen molar-refractivity contribution in [1.82, 2.24) is 5.32 Å². The van der Waals surface area contributed by atoms with Crippen LogP contribution in [0.2, 0.25) is 0 Å². The SMILES string of the molecule is C#CCNC(=O)C(C)Oc1cccc([C@H](C)N)c1. The minimum absolute atomic E-state index is 0.0703. The summed E-state index contributed by atoms with van der Waals surface area (Å²) in [5.74, 6) is 2.72. The van der Waals surface area contributed by atoms with Gasteiger partial charge in [0.05, 0.1) is 6.54 Å². The van der Waals surface area contributed by atoms with E-state index >= 15 is 0 Å². The molecule has 0 radical (unpaired) electrons. The number of nitrogens with two attached hydrogens (primary N) is 1. The average molecular weight is 246 g/mol. The van der Waals surface area contributed by atoms with Crippen molar-refractivity contribution in [2.75, 3.05) is 6.54 Å². The first-order valence-corrected chi connectivity index (χ1v) is 5.78. The lowest BCUT2D eigenvalue weighted by Crippen LogP contribution is -2.36. The van der Waals surface area contributed by atoms with E-state index in [-0.39, 0.29) is 18.5 Å². The molecule has 0 spiro atoms. The minimum Gasteiger partial charge on any atom is -0.481 e. The molecule has 0 fully saturated rings. The standard InChI is InChI=1S/C14H18N2O2/c1-4-8-16-14(17)11(3)18-13-7-5-6-12(9-13)10(2)15/h1,5-7,9-11H,8,15H2,2-3H3,(H,16,17)/t10-,11?/m0/s1. The Kier molecular flexibility index (Phi) is 5.22. The second kappa shape index (κ2) is 6.67. The predicted molar refractivity (Wildman–Crippen MR) is 71.0 cm³/mol. The monoisotopic (exact) mass is 246 g/mol. The molecule has 0 aromatic heterocycles. The van der Waals surface area contributed by atoms with Gasteiger partial charge >= 0.3 is 0 Å². The third-order valence-electron chi connectivity index (χ3n) is 2.43. The van der Waals surface area contributed by atoms with Crippen molar-refractivity contribution in [3.63, 3.8) is 0 Å². The first-order chi connectivity index (χ1) is 8.54. The molecule has 4 heteroatoms. The summed E-state index contributed by atoms with van der Waals surface area (Å²) in [5.41, 5.74) is 6.74. The van der Waals surface area contributed by atoms with Crippen molar-refractivity contribution < 1.29 is 9.53 Å². The largest absolute Gasteiger partial charge is 0.481 e. The Hall–Kier alpha value is -1.99. The average Bonchev–Trinajstić information content (AvgIpc) is 2.36. The van der Waals surface area contributed by atoms with Gasteiger partial charge in [-0.3, -0.25) is 4.79 Å². The van der Waals surface area contributed by atoms with Crippen LogP contribution in [0.5, 0.6) is 5.75 Å². The van der Waals surface area contributed by atoms with Crippen molar-refractivity contribution in [3.8, 4) is 18.1 Å². The second-order valence-electron chi connectivity index (χ2n) is 4.04. The lowest BCUT2D eigenvalue weighted by molar-refractivity contribution is -0.126. The molecule has 0 saturated heterocycles. The highest BCUT2D eigenvalue weighted by atomic mass is 16.5. The summed E-state index contributed by atoms with van der Waals surface area (Å²) < 4.78 is 5.53. The maximum atomic E-state index is 11.6. The molecule has 0 aliphatic carbocycles. The number of carbonyl (C=O) groups excluding carboxylic acids is 1. The zero-order chi connectivity index (χ0) is 13.5. The molecule has 0 saturated carbocycles. The third-order valence-corrected chi connectivity index (χ3v) is 2.43. The van der Waals surface area contributed by atoms with Crippen molar-refractivity contribution in [3.05, 3.63) is 29.8 Å². The van der Waals surface area contributed by atoms with Crippen molar-refractivity contribution in [2.45, 2.75) is 26.0 Å². The topological polar surface area (TPSA) is 64.3 Å². The molecule has 3 N–H and O–H groups in total. The van der Waals surface area contributed by atoms with E-state index in [2.05, 4.69) is 11.2 Å². The summed E-state index contributed by atoms with van der Waals surface area (Å²) in [7, 11) is 0. The fraction of sp³-hybridized carbons (Fsp3) is 0.357. The normalized spacial score (nSPS) is 13.2. The highest BCUT2D eigenvalue weighted by Gasteiger charge is 2.13. The molecule has 0 heterocycles. The lowest BCUT2D eigenvalue weighted by Gasteiger charge is -2.15. The molecule has 1 amide bonds. The fourth-order valence-corrected chi connectivity index (χ4v) is 1.41. The summed E-state index contributed by atoms with van der Waals surface area (Å²) in [6.45, 7) is 3.76. The van der Waals surface area contributed by atoms with Gasteiger partial charge < -0.3 is 15.8 Å². The zero-order valence-corrected chi connectivity index (χ0v) is 10.6. The molecule has 96 valence electrons. The van der Waals surface area contributed by atoms with Crippen LogP contribution in [0.25, 0.3) is 0 Å². The van der Waals surface area contributed by atoms with E-state index in [0.717, 1.165) is 5.56 Å². The molecule has 0 bridgehead atoms. The van der Waals surface area contributed by atoms with E-state index in [1.807, 2.05) is 25.1 Å². The number of terminal acetylenes is 1. The van der Waals surface area contributed by atoms with E-state index in [4.69, 9.17) is 16.9 Å². The quantitative estimate of drug-likeness (QED) is 0.768. The maximum absolute atomic E-state index is 11.6. The first kappa shape index (κ1) is 14.1. The Labute approximate surface area is 108 Å². The van der Waals surface area contributed by atoms with E-state index in [1.165, 1.54) is 0 Å². The fourth-order valence-electron chi connectivity index (χ4n) is 1.41. The summed E-state index contributed by atoms with van der Waals surface area (Å²) in [5, 5.41) is 2.56. The Morgan fingerprint density at radius 2 is 2.28 bits per heavy atom. The van der Waals surface area contributed by atoms with Crippen molar-refractivity contribution >= 4 is 5.91 Å². The van der Waals surface area contributed by atoms with Gasteiger partial charge in [0.1, 0.15) is 5.75 Å². The van der Waals surface area contributed by atoms with E-state index in [0.29, 0.717) is 5.75 Å². The molecule has 1 aromatic rings. The van der Waals surface area contributed by atoms with Crippen LogP contribution in [0.1, 0.15) is 25.5 Å². The number of carbonyl (C=O) groups is 1. The molecule has 0 aliphatic heterocycles. The van der Waals surface area contributed by atoms with Crippen molar-refractivity contribution in [1.29, 1.82) is 0 Å². The van der Waals surface area contributed by atoms with E-state index in [9.17, 15) is 4.79 Å². The van der Waals surface area contributed by atoms with Gasteiger partial charge in [-0.2, -0.15) is 0 Å². The number of nitrogens with one attached hydrogen (secondary N) is 1. The van der Waals surface area contributed by atoms with Crippen LogP contribution in [-0.2, 0) is 4.79 Å². The Morgan fingerprint density at radius 3 is 2.89 bits per heavy atom. The van der Waals surface area contributed by atoms with Crippen LogP contribution in [0.15, 0.2) is 24.3 Å². The summed E-state index contributed by atoms with van der Waals surface area (Å²) in [6.07, 6.45) is 4.47. The smallest absolute Gasteiger partial charge is 0.261 e. The highest BCUT2D eigenvalue weighted by molar-refractivity contribution is 5.80. The highest BCUT2D eigenvalue weighted by Crippen LogP contribution is 2.18. The molecule has 0 aliphatic rings. The van der Waals surface area contributed by atoms with Gasteiger partial charge in [0.2, 0.25) is 0 Å². The second-order valence-corrected chi connectivity index (χ2v) is 4.04. The van der Waals surface area contributed by atoms with Gasteiger partial charge in [-0.05, 0) is 31.5 Å². The van der Waals surface area contributed by atoms with Gasteiger partial charge in [0.15, 0.2) is 6.10 Å². The Balaban J connectivity index is 2.64. The summed E-state index contributed by atoms with van der Waals surface area (Å²) in [4.78, 5) is 11.6.